The normalized spacial score (nSPS) is 17.8. The number of nitrogens with one attached hydrogen (secondary N) is 3. The smallest absolute Gasteiger partial charge is 0.164 e. The fourth-order valence-corrected chi connectivity index (χ4v) is 4.32. The van der Waals surface area contributed by atoms with Gasteiger partial charge in [-0.1, -0.05) is 38.5 Å². The monoisotopic (exact) mass is 461 g/mol. The van der Waals surface area contributed by atoms with E-state index in [-0.39, 0.29) is 0 Å². The summed E-state index contributed by atoms with van der Waals surface area (Å²) < 4.78 is 0. The minimum atomic E-state index is 0.541. The van der Waals surface area contributed by atoms with Crippen molar-refractivity contribution >= 4 is 29.9 Å². The number of hydrogen-bond donors (Lipinski definition) is 4. The van der Waals surface area contributed by atoms with Crippen molar-refractivity contribution < 1.29 is 0 Å². The van der Waals surface area contributed by atoms with Gasteiger partial charge in [0.05, 0.1) is 17.2 Å². The lowest BCUT2D eigenvalue weighted by Crippen LogP contribution is -2.45. The molecule has 182 valence electrons. The van der Waals surface area contributed by atoms with Crippen LogP contribution in [0.4, 0.5) is 5.82 Å². The molecule has 1 fully saturated rings. The van der Waals surface area contributed by atoms with E-state index in [0.29, 0.717) is 24.8 Å². The van der Waals surface area contributed by atoms with Crippen molar-refractivity contribution in [1.82, 2.24) is 20.6 Å². The number of hydrogen-bond acceptors (Lipinski definition) is 7. The summed E-state index contributed by atoms with van der Waals surface area (Å²) in [6.45, 7) is 11.7. The number of anilines is 1. The van der Waals surface area contributed by atoms with Crippen LogP contribution in [-0.2, 0) is 0 Å². The number of aromatic nitrogens is 2. The predicted molar refractivity (Wildman–Crippen MR) is 144 cm³/mol. The highest BCUT2D eigenvalue weighted by atomic mass is 15.1. The van der Waals surface area contributed by atoms with Crippen LogP contribution in [0.2, 0.25) is 0 Å². The molecule has 7 heteroatoms. The molecule has 1 aromatic rings. The largest absolute Gasteiger partial charge is 0.385 e. The number of aliphatic imine (C=N–C) groups is 1. The summed E-state index contributed by atoms with van der Waals surface area (Å²) in [4.78, 5) is 14.0. The molecular weight excluding hydrogens is 422 g/mol. The molecule has 7 nitrogen and oxygen atoms in total. The van der Waals surface area contributed by atoms with Crippen molar-refractivity contribution in [2.75, 3.05) is 25.0 Å². The summed E-state index contributed by atoms with van der Waals surface area (Å²) in [5.41, 5.74) is 9.94. The summed E-state index contributed by atoms with van der Waals surface area (Å²) in [5, 5.41) is 12.4. The summed E-state index contributed by atoms with van der Waals surface area (Å²) in [6.07, 6.45) is 18.0. The van der Waals surface area contributed by atoms with E-state index in [1.165, 1.54) is 24.8 Å². The van der Waals surface area contributed by atoms with Gasteiger partial charge in [-0.15, -0.1) is 0 Å². The third-order valence-corrected chi connectivity index (χ3v) is 6.14. The van der Waals surface area contributed by atoms with Gasteiger partial charge < -0.3 is 21.7 Å². The van der Waals surface area contributed by atoms with Gasteiger partial charge in [-0.05, 0) is 56.9 Å². The Hall–Kier alpha value is -3.19. The predicted octanol–water partition coefficient (Wildman–Crippen LogP) is 2.93. The Morgan fingerprint density at radius 2 is 2.12 bits per heavy atom. The zero-order valence-electron chi connectivity index (χ0n) is 20.8. The van der Waals surface area contributed by atoms with Gasteiger partial charge in [0.2, 0.25) is 0 Å². The molecule has 3 aliphatic rings. The van der Waals surface area contributed by atoms with Crippen molar-refractivity contribution in [3.05, 3.63) is 58.3 Å². The van der Waals surface area contributed by atoms with E-state index in [1.807, 2.05) is 33.0 Å². The lowest BCUT2D eigenvalue weighted by molar-refractivity contribution is 0.392. The second-order valence-electron chi connectivity index (χ2n) is 8.24. The maximum atomic E-state index is 5.80. The average molecular weight is 462 g/mol. The Kier molecular flexibility index (Phi) is 9.64. The summed E-state index contributed by atoms with van der Waals surface area (Å²) in [7, 11) is 0. The van der Waals surface area contributed by atoms with Crippen LogP contribution in [0.25, 0.3) is 17.3 Å². The minimum absolute atomic E-state index is 0.541. The molecule has 1 saturated carbocycles. The first-order chi connectivity index (χ1) is 16.7. The molecule has 2 heterocycles. The Bertz CT molecular complexity index is 1100. The lowest BCUT2D eigenvalue weighted by atomic mass is 9.78. The first kappa shape index (κ1) is 25.4. The maximum absolute atomic E-state index is 5.80. The SMILES string of the molecule is C=N/C=C(NC1=CCCC=C1)\C(=C/C)c1nc(NCCN)c2c(n1)=CNCC=2C1CCC1.CC. The number of rotatable bonds is 9. The molecule has 34 heavy (non-hydrogen) atoms. The Morgan fingerprint density at radius 1 is 1.29 bits per heavy atom. The van der Waals surface area contributed by atoms with Gasteiger partial charge in [-0.3, -0.25) is 4.99 Å². The summed E-state index contributed by atoms with van der Waals surface area (Å²) in [5.74, 6) is 2.11. The number of nitrogens with zero attached hydrogens (tertiary/aromatic N) is 3. The molecule has 0 bridgehead atoms. The topological polar surface area (TPSA) is 100 Å². The van der Waals surface area contributed by atoms with E-state index >= 15 is 0 Å². The zero-order chi connectivity index (χ0) is 24.3. The molecule has 2 aliphatic carbocycles. The molecule has 5 N–H and O–H groups in total. The van der Waals surface area contributed by atoms with E-state index in [2.05, 4.69) is 45.9 Å². The molecule has 0 aromatic carbocycles. The van der Waals surface area contributed by atoms with Crippen molar-refractivity contribution in [3.8, 4) is 0 Å². The Morgan fingerprint density at radius 3 is 2.74 bits per heavy atom. The van der Waals surface area contributed by atoms with Crippen LogP contribution in [0, 0.1) is 5.92 Å². The Labute approximate surface area is 203 Å². The molecule has 0 atom stereocenters. The van der Waals surface area contributed by atoms with Crippen LogP contribution < -0.4 is 32.3 Å². The van der Waals surface area contributed by atoms with Gasteiger partial charge in [0.25, 0.3) is 0 Å². The van der Waals surface area contributed by atoms with Crippen LogP contribution in [0.1, 0.15) is 58.7 Å². The third-order valence-electron chi connectivity index (χ3n) is 6.14. The molecule has 1 aliphatic heterocycles. The van der Waals surface area contributed by atoms with E-state index < -0.39 is 0 Å². The molecule has 0 unspecified atom stereocenters. The molecule has 4 rings (SSSR count). The van der Waals surface area contributed by atoms with Crippen LogP contribution in [0.15, 0.2) is 46.9 Å². The van der Waals surface area contributed by atoms with Crippen LogP contribution in [-0.4, -0.2) is 36.3 Å². The molecule has 0 saturated heterocycles. The van der Waals surface area contributed by atoms with Gasteiger partial charge in [-0.25, -0.2) is 9.97 Å². The van der Waals surface area contributed by atoms with Gasteiger partial charge in [-0.2, -0.15) is 0 Å². The van der Waals surface area contributed by atoms with Crippen molar-refractivity contribution in [2.45, 2.75) is 52.9 Å². The first-order valence-corrected chi connectivity index (χ1v) is 12.5. The summed E-state index contributed by atoms with van der Waals surface area (Å²) in [6, 6.07) is 0. The van der Waals surface area contributed by atoms with Crippen molar-refractivity contribution in [1.29, 1.82) is 0 Å². The lowest BCUT2D eigenvalue weighted by Gasteiger charge is -2.30. The summed E-state index contributed by atoms with van der Waals surface area (Å²) >= 11 is 0. The van der Waals surface area contributed by atoms with E-state index in [1.54, 1.807) is 6.20 Å². The fourth-order valence-electron chi connectivity index (χ4n) is 4.32. The molecule has 0 radical (unpaired) electrons. The highest BCUT2D eigenvalue weighted by molar-refractivity contribution is 5.76. The zero-order valence-corrected chi connectivity index (χ0v) is 20.8. The van der Waals surface area contributed by atoms with Crippen molar-refractivity contribution in [3.63, 3.8) is 0 Å². The average Bonchev–Trinajstić information content (AvgIpc) is 2.84. The fraction of sp³-hybridized carbons (Fsp3) is 0.444. The minimum Gasteiger partial charge on any atom is -0.385 e. The van der Waals surface area contributed by atoms with E-state index in [9.17, 15) is 0 Å². The molecule has 0 spiro atoms. The second kappa shape index (κ2) is 12.9. The molecule has 0 amide bonds. The van der Waals surface area contributed by atoms with Crippen LogP contribution >= 0.6 is 0 Å². The van der Waals surface area contributed by atoms with Gasteiger partial charge in [0, 0.05) is 42.3 Å². The second-order valence-corrected chi connectivity index (χ2v) is 8.24. The van der Waals surface area contributed by atoms with E-state index in [0.717, 1.165) is 52.7 Å². The Balaban J connectivity index is 0.00000158. The standard InChI is InChI=1S/C25H33N7.C2H6/c1-3-19(21(15-27-2)30-18-10-5-4-6-11-18)24-31-22-16-28-14-20(17-8-7-9-17)23(22)25(32-24)29-13-12-26;1-2/h3,5,10-11,15-17,28,30H,2,4,6-9,12-14,26H2,1H3,(H,29,31,32);1-2H3/b19-3+,21-15+;. The van der Waals surface area contributed by atoms with Crippen molar-refractivity contribution in [2.24, 2.45) is 16.6 Å². The van der Waals surface area contributed by atoms with Gasteiger partial charge in [0.15, 0.2) is 5.82 Å². The van der Waals surface area contributed by atoms with Gasteiger partial charge in [0.1, 0.15) is 5.82 Å². The van der Waals surface area contributed by atoms with E-state index in [4.69, 9.17) is 15.7 Å². The molecular formula is C27H39N7. The van der Waals surface area contributed by atoms with Crippen LogP contribution in [0.3, 0.4) is 0 Å². The molecule has 1 aromatic heterocycles. The van der Waals surface area contributed by atoms with Crippen LogP contribution in [0.5, 0.6) is 0 Å². The third kappa shape index (κ3) is 5.83. The maximum Gasteiger partial charge on any atom is 0.164 e. The quantitative estimate of drug-likeness (QED) is 0.333. The highest BCUT2D eigenvalue weighted by Gasteiger charge is 2.25. The van der Waals surface area contributed by atoms with Gasteiger partial charge >= 0.3 is 0 Å². The first-order valence-electron chi connectivity index (χ1n) is 12.5. The number of fused-ring (bicyclic) bond motifs is 1. The highest BCUT2D eigenvalue weighted by Crippen LogP contribution is 2.33. The number of nitrogens with two attached hydrogens (primary N) is 1. The number of allylic oxidation sites excluding steroid dienone is 5.